The first-order valence-electron chi connectivity index (χ1n) is 10.5. The van der Waals surface area contributed by atoms with Gasteiger partial charge in [-0.1, -0.05) is 12.1 Å². The van der Waals surface area contributed by atoms with E-state index in [-0.39, 0.29) is 23.7 Å². The van der Waals surface area contributed by atoms with Gasteiger partial charge >= 0.3 is 0 Å². The lowest BCUT2D eigenvalue weighted by molar-refractivity contribution is -0.129. The lowest BCUT2D eigenvalue weighted by atomic mass is 9.58. The molecule has 8 nitrogen and oxygen atoms in total. The Kier molecular flexibility index (Phi) is 6.42. The zero-order valence-electron chi connectivity index (χ0n) is 18.4. The van der Waals surface area contributed by atoms with Gasteiger partial charge in [0.25, 0.3) is 0 Å². The number of hydrogen-bond donors (Lipinski definition) is 1. The first-order chi connectivity index (χ1) is 15.4. The number of carbonyl (C=O) groups excluding carboxylic acids is 1. The molecular weight excluding hydrogens is 406 g/mol. The Bertz CT molecular complexity index is 1100. The highest BCUT2D eigenvalue weighted by molar-refractivity contribution is 5.74. The third-order valence-electron chi connectivity index (χ3n) is 6.04. The van der Waals surface area contributed by atoms with Gasteiger partial charge in [0.15, 0.2) is 16.9 Å². The zero-order valence-corrected chi connectivity index (χ0v) is 18.4. The maximum Gasteiger partial charge on any atom is 0.219 e. The summed E-state index contributed by atoms with van der Waals surface area (Å²) in [6.07, 6.45) is 1.80. The van der Waals surface area contributed by atoms with Crippen LogP contribution < -0.4 is 15.2 Å². The molecule has 0 saturated carbocycles. The molecular formula is C24H25N5O3. The van der Waals surface area contributed by atoms with Crippen molar-refractivity contribution in [2.45, 2.75) is 26.7 Å². The number of nitrogens with zero attached hydrogens (tertiary/aromatic N) is 4. The number of rotatable bonds is 5. The van der Waals surface area contributed by atoms with E-state index >= 15 is 0 Å². The first-order valence-corrected chi connectivity index (χ1v) is 10.5. The number of nitrogens with two attached hydrogens (primary N) is 1. The highest BCUT2D eigenvalue weighted by atomic mass is 16.5. The van der Waals surface area contributed by atoms with Gasteiger partial charge in [-0.25, -0.2) is 0 Å². The Morgan fingerprint density at radius 2 is 1.84 bits per heavy atom. The second kappa shape index (κ2) is 9.04. The van der Waals surface area contributed by atoms with Crippen LogP contribution in [0.3, 0.4) is 0 Å². The van der Waals surface area contributed by atoms with Crippen molar-refractivity contribution < 1.29 is 14.3 Å². The quantitative estimate of drug-likeness (QED) is 0.757. The molecule has 0 fully saturated rings. The van der Waals surface area contributed by atoms with Crippen molar-refractivity contribution in [1.82, 2.24) is 4.90 Å². The Morgan fingerprint density at radius 1 is 1.19 bits per heavy atom. The molecule has 1 amide bonds. The minimum absolute atomic E-state index is 0.0550. The maximum atomic E-state index is 12.1. The maximum absolute atomic E-state index is 12.1. The van der Waals surface area contributed by atoms with Crippen molar-refractivity contribution in [1.29, 1.82) is 15.8 Å². The molecule has 2 atom stereocenters. The Balaban J connectivity index is 2.28. The van der Waals surface area contributed by atoms with Crippen molar-refractivity contribution >= 4 is 5.91 Å². The summed E-state index contributed by atoms with van der Waals surface area (Å²) in [4.78, 5) is 13.8. The highest BCUT2D eigenvalue weighted by Gasteiger charge is 2.54. The van der Waals surface area contributed by atoms with Crippen molar-refractivity contribution in [3.8, 4) is 29.7 Å². The van der Waals surface area contributed by atoms with Crippen LogP contribution in [-0.4, -0.2) is 37.1 Å². The molecule has 0 bridgehead atoms. The number of carbonyl (C=O) groups is 1. The number of nitriles is 3. The van der Waals surface area contributed by atoms with Crippen LogP contribution in [0.25, 0.3) is 0 Å². The molecule has 0 radical (unpaired) electrons. The number of fused-ring (bicyclic) bond motifs is 1. The number of hydrogen-bond acceptors (Lipinski definition) is 7. The first kappa shape index (κ1) is 22.7. The van der Waals surface area contributed by atoms with Gasteiger partial charge in [0, 0.05) is 31.8 Å². The predicted octanol–water partition coefficient (Wildman–Crippen LogP) is 2.76. The fourth-order valence-corrected chi connectivity index (χ4v) is 4.57. The SMILES string of the molecule is CCOc1ccc([C@H]2[C@H]3CN(C(C)=O)CC=C3C(C#N)=C(N)C2(C#N)C#N)cc1OCC. The standard InChI is InChI=1S/C24H25N5O3/c1-4-31-20-7-6-16(10-21(20)32-5-2)22-19-12-29(15(3)30)9-8-17(19)18(11-25)23(28)24(22,13-26)14-27/h6-8,10,19,22H,4-5,9,12,28H2,1-3H3/t19-,22-/m0/s1. The summed E-state index contributed by atoms with van der Waals surface area (Å²) < 4.78 is 11.4. The van der Waals surface area contributed by atoms with E-state index in [9.17, 15) is 20.6 Å². The summed E-state index contributed by atoms with van der Waals surface area (Å²) in [5, 5.41) is 30.2. The summed E-state index contributed by atoms with van der Waals surface area (Å²) >= 11 is 0. The van der Waals surface area contributed by atoms with Crippen LogP contribution in [0.15, 0.2) is 41.1 Å². The monoisotopic (exact) mass is 431 g/mol. The lowest BCUT2D eigenvalue weighted by Crippen LogP contribution is -2.48. The van der Waals surface area contributed by atoms with Gasteiger partial charge in [-0.05, 0) is 37.1 Å². The highest BCUT2D eigenvalue weighted by Crippen LogP contribution is 2.54. The molecule has 1 heterocycles. The van der Waals surface area contributed by atoms with Gasteiger partial charge in [0.1, 0.15) is 6.07 Å². The topological polar surface area (TPSA) is 136 Å². The fraction of sp³-hybridized carbons (Fsp3) is 0.417. The molecule has 8 heteroatoms. The van der Waals surface area contributed by atoms with Crippen LogP contribution in [-0.2, 0) is 4.79 Å². The van der Waals surface area contributed by atoms with Gasteiger partial charge in [0.2, 0.25) is 5.91 Å². The van der Waals surface area contributed by atoms with Gasteiger partial charge in [-0.15, -0.1) is 0 Å². The van der Waals surface area contributed by atoms with Gasteiger partial charge in [-0.3, -0.25) is 4.79 Å². The largest absolute Gasteiger partial charge is 0.490 e. The van der Waals surface area contributed by atoms with Gasteiger partial charge < -0.3 is 20.1 Å². The Hall–Kier alpha value is -3.96. The molecule has 0 unspecified atom stereocenters. The summed E-state index contributed by atoms with van der Waals surface area (Å²) in [6.45, 7) is 6.66. The van der Waals surface area contributed by atoms with E-state index in [1.165, 1.54) is 6.92 Å². The third-order valence-corrected chi connectivity index (χ3v) is 6.04. The lowest BCUT2D eigenvalue weighted by Gasteiger charge is -2.45. The van der Waals surface area contributed by atoms with E-state index in [0.717, 1.165) is 0 Å². The second-order valence-corrected chi connectivity index (χ2v) is 7.67. The van der Waals surface area contributed by atoms with E-state index in [4.69, 9.17) is 15.2 Å². The van der Waals surface area contributed by atoms with Gasteiger partial charge in [0.05, 0.1) is 36.6 Å². The van der Waals surface area contributed by atoms with Crippen LogP contribution >= 0.6 is 0 Å². The summed E-state index contributed by atoms with van der Waals surface area (Å²) in [6, 6.07) is 11.6. The fourth-order valence-electron chi connectivity index (χ4n) is 4.57. The van der Waals surface area contributed by atoms with Crippen molar-refractivity contribution in [3.05, 3.63) is 46.7 Å². The second-order valence-electron chi connectivity index (χ2n) is 7.67. The van der Waals surface area contributed by atoms with E-state index in [2.05, 4.69) is 18.2 Å². The van der Waals surface area contributed by atoms with Crippen LogP contribution in [0, 0.1) is 45.3 Å². The van der Waals surface area contributed by atoms with Crippen LogP contribution in [0.1, 0.15) is 32.3 Å². The van der Waals surface area contributed by atoms with Crippen LogP contribution in [0.2, 0.25) is 0 Å². The van der Waals surface area contributed by atoms with Crippen LogP contribution in [0.4, 0.5) is 0 Å². The van der Waals surface area contributed by atoms with Crippen molar-refractivity contribution in [3.63, 3.8) is 0 Å². The molecule has 164 valence electrons. The summed E-state index contributed by atoms with van der Waals surface area (Å²) in [7, 11) is 0. The number of ether oxygens (including phenoxy) is 2. The Morgan fingerprint density at radius 3 is 2.41 bits per heavy atom. The predicted molar refractivity (Wildman–Crippen MR) is 116 cm³/mol. The molecule has 0 saturated heterocycles. The smallest absolute Gasteiger partial charge is 0.219 e. The average molecular weight is 431 g/mol. The molecule has 0 spiro atoms. The van der Waals surface area contributed by atoms with E-state index in [1.54, 1.807) is 29.2 Å². The molecule has 0 aromatic heterocycles. The minimum atomic E-state index is -1.77. The number of benzene rings is 1. The summed E-state index contributed by atoms with van der Waals surface area (Å²) in [5.74, 6) is -0.241. The molecule has 3 rings (SSSR count). The Labute approximate surface area is 187 Å². The molecule has 2 aliphatic rings. The molecule has 2 N–H and O–H groups in total. The number of amides is 1. The van der Waals surface area contributed by atoms with Crippen molar-refractivity contribution in [2.24, 2.45) is 17.1 Å². The molecule has 1 aromatic carbocycles. The zero-order chi connectivity index (χ0) is 23.5. The molecule has 1 aliphatic heterocycles. The average Bonchev–Trinajstić information content (AvgIpc) is 2.79. The number of allylic oxidation sites excluding steroid dienone is 2. The third kappa shape index (κ3) is 3.53. The van der Waals surface area contributed by atoms with Crippen LogP contribution in [0.5, 0.6) is 11.5 Å². The molecule has 32 heavy (non-hydrogen) atoms. The van der Waals surface area contributed by atoms with E-state index in [1.807, 2.05) is 13.8 Å². The molecule has 1 aromatic rings. The minimum Gasteiger partial charge on any atom is -0.490 e. The molecule has 1 aliphatic carbocycles. The summed E-state index contributed by atoms with van der Waals surface area (Å²) in [5.41, 5.74) is 5.97. The van der Waals surface area contributed by atoms with E-state index < -0.39 is 17.3 Å². The van der Waals surface area contributed by atoms with Gasteiger partial charge in [-0.2, -0.15) is 15.8 Å². The van der Waals surface area contributed by atoms with E-state index in [0.29, 0.717) is 42.4 Å². The van der Waals surface area contributed by atoms with Crippen molar-refractivity contribution in [2.75, 3.05) is 26.3 Å². The normalized spacial score (nSPS) is 21.4.